The second-order valence-corrected chi connectivity index (χ2v) is 18.3. The molecule has 1 nitrogen and oxygen atoms in total. The van der Waals surface area contributed by atoms with Gasteiger partial charge in [-0.15, -0.1) is 11.3 Å². The van der Waals surface area contributed by atoms with Crippen LogP contribution in [0.5, 0.6) is 0 Å². The van der Waals surface area contributed by atoms with Crippen LogP contribution >= 0.6 is 11.3 Å². The molecule has 0 radical (unpaired) electrons. The second-order valence-electron chi connectivity index (χ2n) is 17.3. The molecule has 1 heterocycles. The summed E-state index contributed by atoms with van der Waals surface area (Å²) in [6, 6.07) is 99.1. The Balaban J connectivity index is 0.888. The zero-order chi connectivity index (χ0) is 45.2. The molecule has 0 fully saturated rings. The molecule has 0 unspecified atom stereocenters. The molecule has 2 heteroatoms. The van der Waals surface area contributed by atoms with Gasteiger partial charge in [0.1, 0.15) is 0 Å². The predicted molar refractivity (Wildman–Crippen MR) is 292 cm³/mol. The van der Waals surface area contributed by atoms with E-state index in [9.17, 15) is 0 Å². The Labute approximate surface area is 402 Å². The monoisotopic (exact) mass is 883 g/mol. The molecule has 0 saturated carbocycles. The average molecular weight is 884 g/mol. The minimum Gasteiger partial charge on any atom is -0.311 e. The van der Waals surface area contributed by atoms with Crippen molar-refractivity contribution in [2.24, 2.45) is 0 Å². The van der Waals surface area contributed by atoms with Gasteiger partial charge in [0, 0.05) is 37.2 Å². The molecule has 0 aliphatic carbocycles. The molecule has 1 aromatic heterocycles. The summed E-state index contributed by atoms with van der Waals surface area (Å²) in [4.78, 5) is 2.36. The number of fused-ring (bicyclic) bond motifs is 3. The van der Waals surface area contributed by atoms with E-state index in [1.807, 2.05) is 11.3 Å². The topological polar surface area (TPSA) is 3.24 Å². The smallest absolute Gasteiger partial charge is 0.0462 e. The minimum atomic E-state index is 1.09. The van der Waals surface area contributed by atoms with Crippen molar-refractivity contribution >= 4 is 48.6 Å². The van der Waals surface area contributed by atoms with Gasteiger partial charge < -0.3 is 4.90 Å². The van der Waals surface area contributed by atoms with Gasteiger partial charge in [-0.1, -0.05) is 218 Å². The first kappa shape index (κ1) is 40.9. The number of thiophene rings is 1. The van der Waals surface area contributed by atoms with Crippen LogP contribution in [0.15, 0.2) is 273 Å². The first-order valence-electron chi connectivity index (χ1n) is 23.2. The van der Waals surface area contributed by atoms with Gasteiger partial charge in [0.05, 0.1) is 0 Å². The van der Waals surface area contributed by atoms with E-state index in [2.05, 4.69) is 278 Å². The molecule has 12 aromatic rings. The molecule has 0 saturated heterocycles. The zero-order valence-corrected chi connectivity index (χ0v) is 38.2. The molecular weight excluding hydrogens is 839 g/mol. The quantitative estimate of drug-likeness (QED) is 0.132. The zero-order valence-electron chi connectivity index (χ0n) is 37.3. The highest BCUT2D eigenvalue weighted by Crippen LogP contribution is 2.45. The van der Waals surface area contributed by atoms with Gasteiger partial charge in [-0.2, -0.15) is 0 Å². The highest BCUT2D eigenvalue weighted by molar-refractivity contribution is 7.26. The first-order chi connectivity index (χ1) is 33.7. The molecule has 0 aliphatic heterocycles. The van der Waals surface area contributed by atoms with E-state index < -0.39 is 0 Å². The van der Waals surface area contributed by atoms with Crippen LogP contribution in [0.3, 0.4) is 0 Å². The summed E-state index contributed by atoms with van der Waals surface area (Å²) in [6.45, 7) is 0. The average Bonchev–Trinajstić information content (AvgIpc) is 3.82. The van der Waals surface area contributed by atoms with Crippen molar-refractivity contribution in [2.75, 3.05) is 4.90 Å². The van der Waals surface area contributed by atoms with Gasteiger partial charge in [-0.25, -0.2) is 0 Å². The fraction of sp³-hybridized carbons (Fsp3) is 0. The van der Waals surface area contributed by atoms with Crippen LogP contribution < -0.4 is 4.90 Å². The summed E-state index contributed by atoms with van der Waals surface area (Å²) in [5, 5.41) is 2.61. The summed E-state index contributed by atoms with van der Waals surface area (Å²) in [5.74, 6) is 0. The lowest BCUT2D eigenvalue weighted by Crippen LogP contribution is -2.09. The van der Waals surface area contributed by atoms with Crippen molar-refractivity contribution < 1.29 is 0 Å². The summed E-state index contributed by atoms with van der Waals surface area (Å²) in [5.41, 5.74) is 20.2. The molecule has 68 heavy (non-hydrogen) atoms. The summed E-state index contributed by atoms with van der Waals surface area (Å²) in [7, 11) is 0. The van der Waals surface area contributed by atoms with Crippen LogP contribution in [-0.4, -0.2) is 0 Å². The van der Waals surface area contributed by atoms with E-state index in [4.69, 9.17) is 0 Å². The molecule has 0 spiro atoms. The lowest BCUT2D eigenvalue weighted by Gasteiger charge is -2.26. The predicted octanol–water partition coefficient (Wildman–Crippen LogP) is 19.2. The van der Waals surface area contributed by atoms with Crippen LogP contribution in [-0.2, 0) is 0 Å². The third-order valence-corrected chi connectivity index (χ3v) is 14.4. The Morgan fingerprint density at radius 3 is 0.868 bits per heavy atom. The summed E-state index contributed by atoms with van der Waals surface area (Å²) in [6.07, 6.45) is 0. The van der Waals surface area contributed by atoms with Gasteiger partial charge >= 0.3 is 0 Å². The van der Waals surface area contributed by atoms with Gasteiger partial charge in [-0.05, 0) is 132 Å². The SMILES string of the molecule is c1ccc(-c2cccc(-c3ccc(N(c4ccc(-c5cccc(-c6ccccc6)c5)cc4)c4ccc(-c5cccc(-c6cccc7c6sc6c(-c8ccccc8)cccc67)c5)cc4)cc3)c2)cc1. The maximum atomic E-state index is 2.36. The standard InChI is InChI=1S/C66H45NS/c1-4-15-46(16-5-1)52-21-10-23-54(43-52)48-31-37-58(38-32-48)67(59-39-33-49(34-40-59)55-24-11-22-53(44-55)47-17-6-2-7-18-47)60-41-35-50(36-42-60)56-25-12-26-57(45-56)62-28-14-30-64-63-29-13-27-61(65(63)68-66(62)64)51-19-8-3-9-20-51/h1-45H. The van der Waals surface area contributed by atoms with Crippen LogP contribution in [0.4, 0.5) is 17.1 Å². The van der Waals surface area contributed by atoms with Crippen molar-refractivity contribution in [2.45, 2.75) is 0 Å². The third kappa shape index (κ3) is 7.98. The molecule has 0 aliphatic rings. The third-order valence-electron chi connectivity index (χ3n) is 13.1. The van der Waals surface area contributed by atoms with Crippen LogP contribution in [0.1, 0.15) is 0 Å². The van der Waals surface area contributed by atoms with Crippen molar-refractivity contribution in [3.8, 4) is 77.9 Å². The van der Waals surface area contributed by atoms with E-state index in [0.717, 1.165) is 17.1 Å². The molecule has 0 amide bonds. The number of hydrogen-bond acceptors (Lipinski definition) is 2. The minimum absolute atomic E-state index is 1.09. The van der Waals surface area contributed by atoms with Crippen LogP contribution in [0, 0.1) is 0 Å². The van der Waals surface area contributed by atoms with E-state index in [-0.39, 0.29) is 0 Å². The Hall–Kier alpha value is -8.56. The summed E-state index contributed by atoms with van der Waals surface area (Å²) >= 11 is 1.90. The second kappa shape index (κ2) is 18.0. The van der Waals surface area contributed by atoms with Crippen molar-refractivity contribution in [1.29, 1.82) is 0 Å². The van der Waals surface area contributed by atoms with Gasteiger partial charge in [0.2, 0.25) is 0 Å². The molecule has 12 rings (SSSR count). The fourth-order valence-electron chi connectivity index (χ4n) is 9.63. The highest BCUT2D eigenvalue weighted by atomic mass is 32.1. The van der Waals surface area contributed by atoms with E-state index >= 15 is 0 Å². The molecule has 320 valence electrons. The lowest BCUT2D eigenvalue weighted by molar-refractivity contribution is 1.28. The number of anilines is 3. The Bertz CT molecular complexity index is 3560. The molecule has 0 bridgehead atoms. The number of benzene rings is 11. The number of rotatable bonds is 10. The normalized spacial score (nSPS) is 11.2. The Morgan fingerprint density at radius 1 is 0.206 bits per heavy atom. The fourth-order valence-corrected chi connectivity index (χ4v) is 11.0. The van der Waals surface area contributed by atoms with Crippen LogP contribution in [0.2, 0.25) is 0 Å². The highest BCUT2D eigenvalue weighted by Gasteiger charge is 2.17. The Kier molecular flexibility index (Phi) is 10.8. The Morgan fingerprint density at radius 2 is 0.485 bits per heavy atom. The molecule has 11 aromatic carbocycles. The summed E-state index contributed by atoms with van der Waals surface area (Å²) < 4.78 is 2.65. The maximum Gasteiger partial charge on any atom is 0.0462 e. The number of hydrogen-bond donors (Lipinski definition) is 0. The first-order valence-corrected chi connectivity index (χ1v) is 24.0. The van der Waals surface area contributed by atoms with Crippen molar-refractivity contribution in [1.82, 2.24) is 0 Å². The lowest BCUT2D eigenvalue weighted by atomic mass is 9.97. The molecular formula is C66H45NS. The van der Waals surface area contributed by atoms with Gasteiger partial charge in [0.25, 0.3) is 0 Å². The van der Waals surface area contributed by atoms with E-state index in [1.54, 1.807) is 0 Å². The van der Waals surface area contributed by atoms with Crippen LogP contribution in [0.25, 0.3) is 98.1 Å². The van der Waals surface area contributed by atoms with Gasteiger partial charge in [0.15, 0.2) is 0 Å². The maximum absolute atomic E-state index is 2.36. The van der Waals surface area contributed by atoms with E-state index in [0.29, 0.717) is 0 Å². The molecule has 0 N–H and O–H groups in total. The van der Waals surface area contributed by atoms with Crippen molar-refractivity contribution in [3.05, 3.63) is 273 Å². The number of nitrogens with zero attached hydrogens (tertiary/aromatic N) is 1. The van der Waals surface area contributed by atoms with Crippen molar-refractivity contribution in [3.63, 3.8) is 0 Å². The van der Waals surface area contributed by atoms with Gasteiger partial charge in [-0.3, -0.25) is 0 Å². The van der Waals surface area contributed by atoms with E-state index in [1.165, 1.54) is 98.1 Å². The molecule has 0 atom stereocenters. The largest absolute Gasteiger partial charge is 0.311 e.